The van der Waals surface area contributed by atoms with E-state index in [0.29, 0.717) is 23.7 Å². The van der Waals surface area contributed by atoms with E-state index in [9.17, 15) is 0 Å². The SMILES string of the molecule is CCC(C)c1cc(N(c2ccc(C(C)C)cc2)c2cccc3ccccc23)c2ccc3c(C(C)CC)cc(N(c4ccc(C(C)C)cc4)c4cccc5ccccc45)c4ccc1c2c34. The van der Waals surface area contributed by atoms with Gasteiger partial charge in [0.25, 0.3) is 0 Å². The van der Waals surface area contributed by atoms with Crippen LogP contribution in [0.2, 0.25) is 0 Å². The van der Waals surface area contributed by atoms with Gasteiger partial charge in [-0.25, -0.2) is 0 Å². The molecule has 10 rings (SSSR count). The van der Waals surface area contributed by atoms with Crippen molar-refractivity contribution in [3.05, 3.63) is 192 Å². The summed E-state index contributed by atoms with van der Waals surface area (Å²) in [5, 5.41) is 12.9. The van der Waals surface area contributed by atoms with E-state index in [1.807, 2.05) is 0 Å². The third-order valence-electron chi connectivity index (χ3n) is 14.3. The quantitative estimate of drug-likeness (QED) is 0.113. The van der Waals surface area contributed by atoms with Crippen molar-refractivity contribution in [2.24, 2.45) is 0 Å². The number of nitrogens with zero attached hydrogens (tertiary/aromatic N) is 2. The number of fused-ring (bicyclic) bond motifs is 2. The second-order valence-electron chi connectivity index (χ2n) is 18.8. The number of hydrogen-bond acceptors (Lipinski definition) is 2. The summed E-state index contributed by atoms with van der Waals surface area (Å²) in [4.78, 5) is 5.11. The molecule has 0 bridgehead atoms. The minimum atomic E-state index is 0.348. The predicted octanol–water partition coefficient (Wildman–Crippen LogP) is 19.1. The first-order valence-electron chi connectivity index (χ1n) is 23.7. The van der Waals surface area contributed by atoms with Gasteiger partial charge in [-0.2, -0.15) is 0 Å². The van der Waals surface area contributed by atoms with Crippen LogP contribution in [0.25, 0.3) is 53.9 Å². The fourth-order valence-corrected chi connectivity index (χ4v) is 10.3. The van der Waals surface area contributed by atoms with E-state index in [-0.39, 0.29) is 0 Å². The summed E-state index contributed by atoms with van der Waals surface area (Å²) in [6.07, 6.45) is 2.09. The molecule has 0 aliphatic carbocycles. The summed E-state index contributed by atoms with van der Waals surface area (Å²) in [5.41, 5.74) is 12.6. The van der Waals surface area contributed by atoms with Gasteiger partial charge in [0.05, 0.1) is 22.7 Å². The van der Waals surface area contributed by atoms with Crippen molar-refractivity contribution < 1.29 is 0 Å². The molecular formula is C62H60N2. The number of benzene rings is 10. The zero-order valence-electron chi connectivity index (χ0n) is 38.8. The van der Waals surface area contributed by atoms with Crippen LogP contribution in [0.5, 0.6) is 0 Å². The highest BCUT2D eigenvalue weighted by molar-refractivity contribution is 6.30. The van der Waals surface area contributed by atoms with Crippen molar-refractivity contribution in [1.82, 2.24) is 0 Å². The summed E-state index contributed by atoms with van der Waals surface area (Å²) in [6, 6.07) is 64.7. The highest BCUT2D eigenvalue weighted by Crippen LogP contribution is 2.52. The Hall–Kier alpha value is -6.64. The van der Waals surface area contributed by atoms with Gasteiger partial charge >= 0.3 is 0 Å². The first kappa shape index (κ1) is 41.4. The van der Waals surface area contributed by atoms with E-state index in [2.05, 4.69) is 235 Å². The lowest BCUT2D eigenvalue weighted by atomic mass is 9.82. The third kappa shape index (κ3) is 6.96. The molecule has 0 saturated carbocycles. The standard InChI is InChI=1S/C62H60N2/c1-9-41(7)55-37-59(63(47-29-25-43(26-30-47)39(3)4)57-23-15-19-45-17-11-13-21-49(45)57)53-36-34-52-56(42(8)10-2)38-60(54-35-33-51(55)61(53)62(52)54)64(48-31-27-44(28-32-48)40(5)6)58-24-16-20-46-18-12-14-22-50(46)58/h11-42H,9-10H2,1-8H3. The van der Waals surface area contributed by atoms with E-state index in [0.717, 1.165) is 12.8 Å². The zero-order valence-corrected chi connectivity index (χ0v) is 38.8. The lowest BCUT2D eigenvalue weighted by Crippen LogP contribution is -2.14. The van der Waals surface area contributed by atoms with E-state index in [4.69, 9.17) is 0 Å². The predicted molar refractivity (Wildman–Crippen MR) is 280 cm³/mol. The Bertz CT molecular complexity index is 3050. The molecule has 0 heterocycles. The van der Waals surface area contributed by atoms with Gasteiger partial charge in [-0.1, -0.05) is 177 Å². The van der Waals surface area contributed by atoms with Gasteiger partial charge in [0, 0.05) is 32.9 Å². The first-order valence-corrected chi connectivity index (χ1v) is 23.7. The molecule has 0 aliphatic rings. The van der Waals surface area contributed by atoms with Crippen molar-refractivity contribution in [3.63, 3.8) is 0 Å². The normalized spacial score (nSPS) is 13.0. The van der Waals surface area contributed by atoms with Crippen LogP contribution in [0.4, 0.5) is 34.1 Å². The molecule has 0 radical (unpaired) electrons. The van der Waals surface area contributed by atoms with Crippen molar-refractivity contribution in [2.75, 3.05) is 9.80 Å². The first-order chi connectivity index (χ1) is 31.2. The Kier molecular flexibility index (Phi) is 10.9. The van der Waals surface area contributed by atoms with E-state index in [1.54, 1.807) is 0 Å². The lowest BCUT2D eigenvalue weighted by molar-refractivity contribution is 0.739. The van der Waals surface area contributed by atoms with Crippen molar-refractivity contribution >= 4 is 88.0 Å². The fraction of sp³-hybridized carbons (Fsp3) is 0.226. The summed E-state index contributed by atoms with van der Waals surface area (Å²) in [7, 11) is 0. The molecule has 0 N–H and O–H groups in total. The highest BCUT2D eigenvalue weighted by atomic mass is 15.2. The van der Waals surface area contributed by atoms with E-state index >= 15 is 0 Å². The van der Waals surface area contributed by atoms with E-state index in [1.165, 1.54) is 110 Å². The lowest BCUT2D eigenvalue weighted by Gasteiger charge is -2.32. The molecule has 0 aromatic heterocycles. The van der Waals surface area contributed by atoms with Crippen LogP contribution in [-0.4, -0.2) is 0 Å². The molecule has 10 aromatic carbocycles. The van der Waals surface area contributed by atoms with Crippen molar-refractivity contribution in [1.29, 1.82) is 0 Å². The topological polar surface area (TPSA) is 6.48 Å². The number of anilines is 6. The minimum Gasteiger partial charge on any atom is -0.309 e. The summed E-state index contributed by atoms with van der Waals surface area (Å²) < 4.78 is 0. The van der Waals surface area contributed by atoms with Gasteiger partial charge in [0.15, 0.2) is 0 Å². The molecule has 10 aromatic rings. The van der Waals surface area contributed by atoms with Crippen molar-refractivity contribution in [3.8, 4) is 0 Å². The Morgan fingerprint density at radius 1 is 0.344 bits per heavy atom. The van der Waals surface area contributed by atoms with Gasteiger partial charge in [0.2, 0.25) is 0 Å². The summed E-state index contributed by atoms with van der Waals surface area (Å²) in [5.74, 6) is 1.59. The Labute approximate surface area is 380 Å². The molecule has 0 fully saturated rings. The van der Waals surface area contributed by atoms with Crippen LogP contribution < -0.4 is 9.80 Å². The largest absolute Gasteiger partial charge is 0.309 e. The van der Waals surface area contributed by atoms with Crippen LogP contribution in [-0.2, 0) is 0 Å². The molecule has 64 heavy (non-hydrogen) atoms. The fourth-order valence-electron chi connectivity index (χ4n) is 10.3. The third-order valence-corrected chi connectivity index (χ3v) is 14.3. The maximum Gasteiger partial charge on any atom is 0.0543 e. The van der Waals surface area contributed by atoms with Crippen LogP contribution >= 0.6 is 0 Å². The maximum atomic E-state index is 2.55. The average molecular weight is 833 g/mol. The Morgan fingerprint density at radius 3 is 1.08 bits per heavy atom. The highest BCUT2D eigenvalue weighted by Gasteiger charge is 2.27. The van der Waals surface area contributed by atoms with Gasteiger partial charge < -0.3 is 9.80 Å². The average Bonchev–Trinajstić information content (AvgIpc) is 3.33. The van der Waals surface area contributed by atoms with Crippen molar-refractivity contribution in [2.45, 2.75) is 91.9 Å². The molecule has 318 valence electrons. The Morgan fingerprint density at radius 2 is 0.703 bits per heavy atom. The molecule has 2 heteroatoms. The molecule has 0 saturated heterocycles. The molecule has 0 amide bonds. The molecule has 2 atom stereocenters. The van der Waals surface area contributed by atoms with Crippen LogP contribution in [0, 0.1) is 0 Å². The number of hydrogen-bond donors (Lipinski definition) is 0. The molecular weight excluding hydrogens is 773 g/mol. The monoisotopic (exact) mass is 832 g/mol. The zero-order chi connectivity index (χ0) is 44.2. The van der Waals surface area contributed by atoms with Gasteiger partial charge in [-0.15, -0.1) is 0 Å². The molecule has 0 aliphatic heterocycles. The Balaban J connectivity index is 1.35. The molecule has 2 nitrogen and oxygen atoms in total. The van der Waals surface area contributed by atoms with Gasteiger partial charge in [-0.05, 0) is 140 Å². The molecule has 2 unspecified atom stereocenters. The summed E-state index contributed by atoms with van der Waals surface area (Å²) in [6.45, 7) is 18.6. The van der Waals surface area contributed by atoms with Gasteiger partial charge in [0.1, 0.15) is 0 Å². The number of rotatable bonds is 12. The van der Waals surface area contributed by atoms with Crippen LogP contribution in [0.3, 0.4) is 0 Å². The van der Waals surface area contributed by atoms with Crippen LogP contribution in [0.15, 0.2) is 170 Å². The van der Waals surface area contributed by atoms with E-state index < -0.39 is 0 Å². The summed E-state index contributed by atoms with van der Waals surface area (Å²) >= 11 is 0. The second kappa shape index (κ2) is 16.8. The maximum absolute atomic E-state index is 2.55. The van der Waals surface area contributed by atoms with Gasteiger partial charge in [-0.3, -0.25) is 0 Å². The molecule has 0 spiro atoms. The van der Waals surface area contributed by atoms with Crippen LogP contribution in [0.1, 0.15) is 114 Å². The minimum absolute atomic E-state index is 0.348. The second-order valence-corrected chi connectivity index (χ2v) is 18.8. The smallest absolute Gasteiger partial charge is 0.0543 e.